The summed E-state index contributed by atoms with van der Waals surface area (Å²) < 4.78 is 14.3. The van der Waals surface area contributed by atoms with Crippen molar-refractivity contribution >= 4 is 17.7 Å². The van der Waals surface area contributed by atoms with Crippen molar-refractivity contribution < 1.29 is 9.18 Å². The molecule has 0 aliphatic carbocycles. The van der Waals surface area contributed by atoms with Crippen LogP contribution < -0.4 is 9.80 Å². The molecule has 6 rings (SSSR count). The van der Waals surface area contributed by atoms with E-state index in [0.29, 0.717) is 19.5 Å². The molecule has 3 aliphatic heterocycles. The maximum atomic E-state index is 14.3. The average molecular weight is 472 g/mol. The third kappa shape index (κ3) is 4.24. The molecular formula is C28H30FN5O. The number of anilines is 2. The Kier molecular flexibility index (Phi) is 5.84. The van der Waals surface area contributed by atoms with Gasteiger partial charge in [0.2, 0.25) is 5.95 Å². The van der Waals surface area contributed by atoms with Crippen molar-refractivity contribution in [2.45, 2.75) is 45.2 Å². The Bertz CT molecular complexity index is 1260. The molecule has 0 N–H and O–H groups in total. The van der Waals surface area contributed by atoms with Crippen LogP contribution in [0.3, 0.4) is 0 Å². The lowest BCUT2D eigenvalue weighted by Gasteiger charge is -2.36. The van der Waals surface area contributed by atoms with Gasteiger partial charge in [-0.1, -0.05) is 36.4 Å². The fraction of sp³-hybridized carbons (Fsp3) is 0.393. The van der Waals surface area contributed by atoms with E-state index in [1.165, 1.54) is 23.6 Å². The highest BCUT2D eigenvalue weighted by Crippen LogP contribution is 2.32. The lowest BCUT2D eigenvalue weighted by Crippen LogP contribution is -2.40. The van der Waals surface area contributed by atoms with Crippen LogP contribution in [0.15, 0.2) is 48.5 Å². The molecule has 6 nitrogen and oxygen atoms in total. The molecule has 0 saturated carbocycles. The predicted molar refractivity (Wildman–Crippen MR) is 134 cm³/mol. The minimum absolute atomic E-state index is 0.125. The van der Waals surface area contributed by atoms with E-state index in [1.54, 1.807) is 23.1 Å². The zero-order valence-corrected chi connectivity index (χ0v) is 19.9. The molecule has 1 amide bonds. The van der Waals surface area contributed by atoms with Gasteiger partial charge in [-0.25, -0.2) is 9.37 Å². The summed E-state index contributed by atoms with van der Waals surface area (Å²) in [6.45, 7) is 4.58. The van der Waals surface area contributed by atoms with Gasteiger partial charge in [0, 0.05) is 44.7 Å². The number of piperidine rings is 1. The molecule has 1 fully saturated rings. The van der Waals surface area contributed by atoms with Gasteiger partial charge in [-0.05, 0) is 48.9 Å². The van der Waals surface area contributed by atoms with E-state index in [4.69, 9.17) is 9.97 Å². The summed E-state index contributed by atoms with van der Waals surface area (Å²) >= 11 is 0. The third-order valence-electron chi connectivity index (χ3n) is 7.49. The Hall–Kier alpha value is -3.48. The molecule has 0 bridgehead atoms. The predicted octanol–water partition coefficient (Wildman–Crippen LogP) is 4.37. The molecule has 3 aliphatic rings. The lowest BCUT2D eigenvalue weighted by atomic mass is 10.00. The number of nitrogens with zero attached hydrogens (tertiary/aromatic N) is 5. The van der Waals surface area contributed by atoms with E-state index in [-0.39, 0.29) is 11.5 Å². The molecule has 180 valence electrons. The second kappa shape index (κ2) is 9.29. The molecule has 7 heteroatoms. The van der Waals surface area contributed by atoms with Gasteiger partial charge < -0.3 is 14.7 Å². The quantitative estimate of drug-likeness (QED) is 0.568. The standard InChI is InChI=1S/C28H30FN5O/c29-24-11-5-4-10-22(24)27(35)33-17-13-25-23(19-33)26(32-14-6-1-7-15-32)31-28(30-25)34-16-12-20-8-2-3-9-21(20)18-34/h2-5,8-11H,1,6-7,12-19H2. The van der Waals surface area contributed by atoms with E-state index in [1.807, 2.05) is 0 Å². The van der Waals surface area contributed by atoms with E-state index in [0.717, 1.165) is 68.5 Å². The number of hydrogen-bond donors (Lipinski definition) is 0. The first-order chi connectivity index (χ1) is 17.2. The van der Waals surface area contributed by atoms with Crippen LogP contribution in [0.25, 0.3) is 0 Å². The molecule has 3 aromatic rings. The number of carbonyl (C=O) groups is 1. The molecule has 2 aromatic carbocycles. The molecule has 0 atom stereocenters. The highest BCUT2D eigenvalue weighted by atomic mass is 19.1. The van der Waals surface area contributed by atoms with Gasteiger partial charge in [-0.2, -0.15) is 4.98 Å². The van der Waals surface area contributed by atoms with E-state index < -0.39 is 5.82 Å². The number of benzene rings is 2. The molecule has 4 heterocycles. The number of halogens is 1. The fourth-order valence-corrected chi connectivity index (χ4v) is 5.54. The van der Waals surface area contributed by atoms with Crippen LogP contribution >= 0.6 is 0 Å². The van der Waals surface area contributed by atoms with Crippen LogP contribution in [0.4, 0.5) is 16.2 Å². The Morgan fingerprint density at radius 2 is 1.54 bits per heavy atom. The highest BCUT2D eigenvalue weighted by Gasteiger charge is 2.31. The third-order valence-corrected chi connectivity index (χ3v) is 7.49. The lowest BCUT2D eigenvalue weighted by molar-refractivity contribution is 0.0729. The molecule has 1 aromatic heterocycles. The van der Waals surface area contributed by atoms with Gasteiger partial charge in [0.1, 0.15) is 11.6 Å². The van der Waals surface area contributed by atoms with E-state index in [2.05, 4.69) is 34.1 Å². The topological polar surface area (TPSA) is 52.6 Å². The highest BCUT2D eigenvalue weighted by molar-refractivity contribution is 5.94. The van der Waals surface area contributed by atoms with Crippen molar-refractivity contribution in [3.8, 4) is 0 Å². The fourth-order valence-electron chi connectivity index (χ4n) is 5.54. The Morgan fingerprint density at radius 1 is 0.771 bits per heavy atom. The van der Waals surface area contributed by atoms with Gasteiger partial charge >= 0.3 is 0 Å². The zero-order chi connectivity index (χ0) is 23.8. The summed E-state index contributed by atoms with van der Waals surface area (Å²) in [6.07, 6.45) is 5.15. The minimum Gasteiger partial charge on any atom is -0.356 e. The van der Waals surface area contributed by atoms with Gasteiger partial charge in [0.25, 0.3) is 5.91 Å². The molecule has 1 saturated heterocycles. The summed E-state index contributed by atoms with van der Waals surface area (Å²) in [5.41, 5.74) is 4.90. The summed E-state index contributed by atoms with van der Waals surface area (Å²) in [4.78, 5) is 29.7. The Morgan fingerprint density at radius 3 is 2.37 bits per heavy atom. The van der Waals surface area contributed by atoms with E-state index in [9.17, 15) is 9.18 Å². The normalized spacial score (nSPS) is 17.7. The smallest absolute Gasteiger partial charge is 0.257 e. The van der Waals surface area contributed by atoms with Crippen LogP contribution in [0, 0.1) is 5.82 Å². The maximum Gasteiger partial charge on any atom is 0.257 e. The average Bonchev–Trinajstić information content (AvgIpc) is 2.92. The summed E-state index contributed by atoms with van der Waals surface area (Å²) in [5.74, 6) is 0.994. The first kappa shape index (κ1) is 22.0. The second-order valence-electron chi connectivity index (χ2n) is 9.72. The number of carbonyl (C=O) groups excluding carboxylic acids is 1. The minimum atomic E-state index is -0.475. The number of hydrogen-bond acceptors (Lipinski definition) is 5. The Balaban J connectivity index is 1.34. The monoisotopic (exact) mass is 471 g/mol. The molecule has 0 spiro atoms. The van der Waals surface area contributed by atoms with E-state index >= 15 is 0 Å². The first-order valence-corrected chi connectivity index (χ1v) is 12.7. The number of amides is 1. The summed E-state index contributed by atoms with van der Waals surface area (Å²) in [6, 6.07) is 14.8. The van der Waals surface area contributed by atoms with Gasteiger partial charge in [-0.3, -0.25) is 4.79 Å². The van der Waals surface area contributed by atoms with Crippen LogP contribution in [0.5, 0.6) is 0 Å². The van der Waals surface area contributed by atoms with Gasteiger partial charge in [0.15, 0.2) is 0 Å². The van der Waals surface area contributed by atoms with Gasteiger partial charge in [0.05, 0.1) is 17.8 Å². The maximum absolute atomic E-state index is 14.3. The SMILES string of the molecule is O=C(c1ccccc1F)N1CCc2nc(N3CCc4ccccc4C3)nc(N3CCCCC3)c2C1. The molecular weight excluding hydrogens is 441 g/mol. The van der Waals surface area contributed by atoms with Crippen LogP contribution in [0.1, 0.15) is 52.0 Å². The van der Waals surface area contributed by atoms with Crippen molar-refractivity contribution in [1.29, 1.82) is 0 Å². The largest absolute Gasteiger partial charge is 0.356 e. The molecule has 0 unspecified atom stereocenters. The van der Waals surface area contributed by atoms with Crippen molar-refractivity contribution in [2.75, 3.05) is 36.0 Å². The first-order valence-electron chi connectivity index (χ1n) is 12.7. The van der Waals surface area contributed by atoms with Crippen molar-refractivity contribution in [3.63, 3.8) is 0 Å². The second-order valence-corrected chi connectivity index (χ2v) is 9.72. The van der Waals surface area contributed by atoms with Crippen LogP contribution in [0.2, 0.25) is 0 Å². The molecule has 35 heavy (non-hydrogen) atoms. The van der Waals surface area contributed by atoms with Crippen molar-refractivity contribution in [3.05, 3.63) is 82.3 Å². The zero-order valence-electron chi connectivity index (χ0n) is 19.9. The number of fused-ring (bicyclic) bond motifs is 2. The van der Waals surface area contributed by atoms with Crippen LogP contribution in [-0.4, -0.2) is 47.0 Å². The molecule has 0 radical (unpaired) electrons. The van der Waals surface area contributed by atoms with Crippen LogP contribution in [-0.2, 0) is 25.9 Å². The summed E-state index contributed by atoms with van der Waals surface area (Å²) in [5, 5.41) is 0. The number of aromatic nitrogens is 2. The summed E-state index contributed by atoms with van der Waals surface area (Å²) in [7, 11) is 0. The van der Waals surface area contributed by atoms with Gasteiger partial charge in [-0.15, -0.1) is 0 Å². The van der Waals surface area contributed by atoms with Crippen molar-refractivity contribution in [2.24, 2.45) is 0 Å². The number of rotatable bonds is 3. The Labute approximate surface area is 205 Å². The van der Waals surface area contributed by atoms with Crippen molar-refractivity contribution in [1.82, 2.24) is 14.9 Å².